The maximum Gasteiger partial charge on any atom is 0.255 e. The Morgan fingerprint density at radius 2 is 1.31 bits per heavy atom. The number of benzene rings is 3. The van der Waals surface area contributed by atoms with Gasteiger partial charge in [0.25, 0.3) is 11.8 Å². The Bertz CT molecular complexity index is 1200. The molecule has 1 saturated carbocycles. The molecule has 0 radical (unpaired) electrons. The average Bonchev–Trinajstić information content (AvgIpc) is 2.89. The molecule has 1 N–H and O–H groups in total. The number of hydrogen-bond acceptors (Lipinski definition) is 2. The van der Waals surface area contributed by atoms with E-state index in [1.54, 1.807) is 0 Å². The van der Waals surface area contributed by atoms with Crippen LogP contribution in [0.5, 0.6) is 0 Å². The SMILES string of the molecule is CC12CCCCC1(C)N(C(=O)c1ccc(NC(=O)c3ccc(-c4ccccc4)cc3)cc1)CCC2. The third-order valence-corrected chi connectivity index (χ3v) is 8.54. The number of anilines is 1. The first-order chi connectivity index (χ1) is 16.9. The summed E-state index contributed by atoms with van der Waals surface area (Å²) in [7, 11) is 0. The number of nitrogens with zero attached hydrogens (tertiary/aromatic N) is 1. The summed E-state index contributed by atoms with van der Waals surface area (Å²) in [5, 5.41) is 2.96. The number of likely N-dealkylation sites (tertiary alicyclic amines) is 1. The smallest absolute Gasteiger partial charge is 0.255 e. The first kappa shape index (κ1) is 23.3. The van der Waals surface area contributed by atoms with Crippen molar-refractivity contribution in [3.63, 3.8) is 0 Å². The molecule has 0 aromatic heterocycles. The lowest BCUT2D eigenvalue weighted by Gasteiger charge is -2.59. The van der Waals surface area contributed by atoms with Gasteiger partial charge in [0.2, 0.25) is 0 Å². The van der Waals surface area contributed by atoms with Crippen LogP contribution in [-0.4, -0.2) is 28.8 Å². The highest BCUT2D eigenvalue weighted by Crippen LogP contribution is 2.53. The van der Waals surface area contributed by atoms with E-state index in [4.69, 9.17) is 0 Å². The Balaban J connectivity index is 1.27. The van der Waals surface area contributed by atoms with Gasteiger partial charge in [-0.1, -0.05) is 62.2 Å². The molecular weight excluding hydrogens is 432 g/mol. The number of amides is 2. The standard InChI is InChI=1S/C31H34N2O2/c1-30-19-6-7-21-31(30,2)33(22-8-20-30)29(35)26-15-17-27(18-16-26)32-28(34)25-13-11-24(12-14-25)23-9-4-3-5-10-23/h3-5,9-18H,6-8,19-22H2,1-2H3,(H,32,34). The van der Waals surface area contributed by atoms with E-state index in [2.05, 4.69) is 36.2 Å². The zero-order valence-corrected chi connectivity index (χ0v) is 20.7. The number of fused-ring (bicyclic) bond motifs is 1. The quantitative estimate of drug-likeness (QED) is 0.443. The molecule has 0 spiro atoms. The normalized spacial score (nSPS) is 23.9. The first-order valence-corrected chi connectivity index (χ1v) is 12.8. The van der Waals surface area contributed by atoms with Crippen LogP contribution >= 0.6 is 0 Å². The Morgan fingerprint density at radius 3 is 2.03 bits per heavy atom. The lowest BCUT2D eigenvalue weighted by atomic mass is 9.58. The van der Waals surface area contributed by atoms with Gasteiger partial charge < -0.3 is 10.2 Å². The van der Waals surface area contributed by atoms with E-state index in [9.17, 15) is 9.59 Å². The van der Waals surface area contributed by atoms with Gasteiger partial charge in [0, 0.05) is 28.9 Å². The fourth-order valence-corrected chi connectivity index (χ4v) is 6.11. The van der Waals surface area contributed by atoms with E-state index in [0.29, 0.717) is 16.8 Å². The molecule has 2 unspecified atom stereocenters. The Hall–Kier alpha value is -3.40. The van der Waals surface area contributed by atoms with Gasteiger partial charge in [0.1, 0.15) is 0 Å². The highest BCUT2D eigenvalue weighted by atomic mass is 16.2. The zero-order valence-electron chi connectivity index (χ0n) is 20.7. The molecule has 4 nitrogen and oxygen atoms in total. The molecule has 1 saturated heterocycles. The summed E-state index contributed by atoms with van der Waals surface area (Å²) in [6.07, 6.45) is 6.99. The van der Waals surface area contributed by atoms with E-state index < -0.39 is 0 Å². The molecule has 1 heterocycles. The number of rotatable bonds is 4. The molecule has 3 aromatic rings. The van der Waals surface area contributed by atoms with Crippen LogP contribution in [0.15, 0.2) is 78.9 Å². The Morgan fingerprint density at radius 1 is 0.714 bits per heavy atom. The van der Waals surface area contributed by atoms with Crippen LogP contribution in [0.3, 0.4) is 0 Å². The van der Waals surface area contributed by atoms with Crippen molar-refractivity contribution < 1.29 is 9.59 Å². The maximum absolute atomic E-state index is 13.5. The Kier molecular flexibility index (Phi) is 6.22. The molecule has 0 bridgehead atoms. The van der Waals surface area contributed by atoms with Crippen LogP contribution in [0.25, 0.3) is 11.1 Å². The summed E-state index contributed by atoms with van der Waals surface area (Å²) in [6.45, 7) is 5.49. The second-order valence-electron chi connectivity index (χ2n) is 10.6. The Labute approximate surface area is 208 Å². The van der Waals surface area contributed by atoms with Crippen LogP contribution in [0, 0.1) is 5.41 Å². The molecule has 2 fully saturated rings. The minimum atomic E-state index is -0.162. The minimum Gasteiger partial charge on any atom is -0.333 e. The second kappa shape index (κ2) is 9.33. The molecule has 2 atom stereocenters. The van der Waals surface area contributed by atoms with Crippen molar-refractivity contribution >= 4 is 17.5 Å². The largest absolute Gasteiger partial charge is 0.333 e. The molecule has 1 aliphatic heterocycles. The highest BCUT2D eigenvalue weighted by Gasteiger charge is 2.53. The zero-order chi connectivity index (χ0) is 24.5. The highest BCUT2D eigenvalue weighted by molar-refractivity contribution is 6.05. The van der Waals surface area contributed by atoms with Crippen LogP contribution in [0.2, 0.25) is 0 Å². The van der Waals surface area contributed by atoms with Crippen LogP contribution in [0.1, 0.15) is 73.1 Å². The van der Waals surface area contributed by atoms with Crippen molar-refractivity contribution in [2.75, 3.05) is 11.9 Å². The molecule has 2 amide bonds. The summed E-state index contributed by atoms with van der Waals surface area (Å²) in [4.78, 5) is 28.5. The van der Waals surface area contributed by atoms with Gasteiger partial charge in [0.15, 0.2) is 0 Å². The molecular formula is C31H34N2O2. The van der Waals surface area contributed by atoms with Gasteiger partial charge >= 0.3 is 0 Å². The molecule has 35 heavy (non-hydrogen) atoms. The van der Waals surface area contributed by atoms with E-state index in [1.165, 1.54) is 25.7 Å². The minimum absolute atomic E-state index is 0.0839. The monoisotopic (exact) mass is 466 g/mol. The number of nitrogens with one attached hydrogen (secondary N) is 1. The van der Waals surface area contributed by atoms with E-state index >= 15 is 0 Å². The van der Waals surface area contributed by atoms with Gasteiger partial charge in [-0.05, 0) is 85.5 Å². The molecule has 3 aromatic carbocycles. The maximum atomic E-state index is 13.5. The first-order valence-electron chi connectivity index (χ1n) is 12.8. The number of carbonyl (C=O) groups is 2. The fraction of sp³-hybridized carbons (Fsp3) is 0.355. The van der Waals surface area contributed by atoms with E-state index in [0.717, 1.165) is 30.5 Å². The number of piperidine rings is 1. The van der Waals surface area contributed by atoms with E-state index in [-0.39, 0.29) is 22.8 Å². The number of hydrogen-bond donors (Lipinski definition) is 1. The second-order valence-corrected chi connectivity index (χ2v) is 10.6. The summed E-state index contributed by atoms with van der Waals surface area (Å²) < 4.78 is 0. The van der Waals surface area contributed by atoms with Crippen LogP contribution in [0.4, 0.5) is 5.69 Å². The molecule has 2 aliphatic rings. The van der Waals surface area contributed by atoms with Gasteiger partial charge in [0.05, 0.1) is 0 Å². The average molecular weight is 467 g/mol. The van der Waals surface area contributed by atoms with Crippen molar-refractivity contribution in [3.8, 4) is 11.1 Å². The molecule has 1 aliphatic carbocycles. The van der Waals surface area contributed by atoms with Crippen molar-refractivity contribution in [2.24, 2.45) is 5.41 Å². The fourth-order valence-electron chi connectivity index (χ4n) is 6.11. The van der Waals surface area contributed by atoms with Gasteiger partial charge in [-0.2, -0.15) is 0 Å². The summed E-state index contributed by atoms with van der Waals surface area (Å²) >= 11 is 0. The summed E-state index contributed by atoms with van der Waals surface area (Å²) in [6, 6.07) is 25.1. The molecule has 4 heteroatoms. The molecule has 180 valence electrons. The lowest BCUT2D eigenvalue weighted by Crippen LogP contribution is -2.63. The third kappa shape index (κ3) is 4.38. The predicted molar refractivity (Wildman–Crippen MR) is 142 cm³/mol. The van der Waals surface area contributed by atoms with Crippen molar-refractivity contribution in [1.29, 1.82) is 0 Å². The van der Waals surface area contributed by atoms with Gasteiger partial charge in [-0.15, -0.1) is 0 Å². The number of carbonyl (C=O) groups excluding carboxylic acids is 2. The molecule has 5 rings (SSSR count). The summed E-state index contributed by atoms with van der Waals surface area (Å²) in [5.74, 6) is -0.0556. The lowest BCUT2D eigenvalue weighted by molar-refractivity contribution is -0.0643. The van der Waals surface area contributed by atoms with E-state index in [1.807, 2.05) is 66.7 Å². The van der Waals surface area contributed by atoms with Crippen molar-refractivity contribution in [2.45, 2.75) is 57.9 Å². The predicted octanol–water partition coefficient (Wildman–Crippen LogP) is 7.18. The summed E-state index contributed by atoms with van der Waals surface area (Å²) in [5.41, 5.74) is 4.28. The van der Waals surface area contributed by atoms with Crippen LogP contribution in [-0.2, 0) is 0 Å². The van der Waals surface area contributed by atoms with Crippen molar-refractivity contribution in [3.05, 3.63) is 90.0 Å². The van der Waals surface area contributed by atoms with Gasteiger partial charge in [-0.3, -0.25) is 9.59 Å². The third-order valence-electron chi connectivity index (χ3n) is 8.54. The van der Waals surface area contributed by atoms with Crippen molar-refractivity contribution in [1.82, 2.24) is 4.90 Å². The topological polar surface area (TPSA) is 49.4 Å². The van der Waals surface area contributed by atoms with Crippen LogP contribution < -0.4 is 5.32 Å². The van der Waals surface area contributed by atoms with Gasteiger partial charge in [-0.25, -0.2) is 0 Å².